The quantitative estimate of drug-likeness (QED) is 0.661. The van der Waals surface area contributed by atoms with Gasteiger partial charge < -0.3 is 9.84 Å². The number of aromatic carboxylic acids is 1. The number of sulfonamides is 1. The summed E-state index contributed by atoms with van der Waals surface area (Å²) < 4.78 is 31.3. The Hall–Kier alpha value is -1.45. The summed E-state index contributed by atoms with van der Waals surface area (Å²) in [5, 5.41) is 14.0. The van der Waals surface area contributed by atoms with Gasteiger partial charge in [0.15, 0.2) is 5.03 Å². The van der Waals surface area contributed by atoms with Crippen LogP contribution in [-0.4, -0.2) is 49.4 Å². The topological polar surface area (TPSA) is 121 Å². The zero-order valence-electron chi connectivity index (χ0n) is 9.42. The predicted molar refractivity (Wildman–Crippen MR) is 59.7 cm³/mol. The van der Waals surface area contributed by atoms with E-state index < -0.39 is 21.0 Å². The Bertz CT molecular complexity index is 532. The van der Waals surface area contributed by atoms with E-state index in [1.54, 1.807) is 0 Å². The van der Waals surface area contributed by atoms with Crippen molar-refractivity contribution in [1.29, 1.82) is 0 Å². The molecular formula is C9H13N3O5S. The number of nitrogens with one attached hydrogen (secondary N) is 2. The third-order valence-electron chi connectivity index (χ3n) is 2.69. The number of H-pyrrole nitrogens is 1. The zero-order valence-corrected chi connectivity index (χ0v) is 10.2. The molecule has 0 aromatic carbocycles. The molecule has 0 aliphatic carbocycles. The van der Waals surface area contributed by atoms with Gasteiger partial charge in [-0.25, -0.2) is 17.9 Å². The van der Waals surface area contributed by atoms with Crippen LogP contribution in [0.3, 0.4) is 0 Å². The molecule has 100 valence electrons. The van der Waals surface area contributed by atoms with Crippen molar-refractivity contribution in [3.8, 4) is 0 Å². The van der Waals surface area contributed by atoms with Crippen LogP contribution in [0.25, 0.3) is 0 Å². The van der Waals surface area contributed by atoms with E-state index in [-0.39, 0.29) is 18.0 Å². The van der Waals surface area contributed by atoms with Gasteiger partial charge in [-0.05, 0) is 12.3 Å². The molecule has 0 radical (unpaired) electrons. The van der Waals surface area contributed by atoms with Crippen LogP contribution < -0.4 is 4.72 Å². The van der Waals surface area contributed by atoms with Crippen molar-refractivity contribution in [2.24, 2.45) is 5.92 Å². The summed E-state index contributed by atoms with van der Waals surface area (Å²) >= 11 is 0. The summed E-state index contributed by atoms with van der Waals surface area (Å²) in [7, 11) is -3.88. The van der Waals surface area contributed by atoms with Crippen LogP contribution in [0.15, 0.2) is 11.2 Å². The molecule has 2 rings (SSSR count). The third kappa shape index (κ3) is 2.68. The molecule has 1 aromatic rings. The summed E-state index contributed by atoms with van der Waals surface area (Å²) in [6.07, 6.45) is 1.76. The fourth-order valence-corrected chi connectivity index (χ4v) is 2.88. The van der Waals surface area contributed by atoms with Gasteiger partial charge in [0, 0.05) is 13.2 Å². The lowest BCUT2D eigenvalue weighted by molar-refractivity contribution is 0.0692. The molecule has 0 bridgehead atoms. The average molecular weight is 275 g/mol. The van der Waals surface area contributed by atoms with Crippen molar-refractivity contribution >= 4 is 16.0 Å². The maximum atomic E-state index is 11.9. The number of hydrogen-bond acceptors (Lipinski definition) is 5. The van der Waals surface area contributed by atoms with Crippen LogP contribution in [-0.2, 0) is 14.8 Å². The fourth-order valence-electron chi connectivity index (χ4n) is 1.68. The van der Waals surface area contributed by atoms with Gasteiger partial charge in [0.1, 0.15) is 5.56 Å². The van der Waals surface area contributed by atoms with Crippen molar-refractivity contribution < 1.29 is 23.1 Å². The molecule has 1 aliphatic rings. The molecule has 1 atom stereocenters. The van der Waals surface area contributed by atoms with Gasteiger partial charge in [-0.3, -0.25) is 5.10 Å². The van der Waals surface area contributed by atoms with E-state index in [2.05, 4.69) is 14.9 Å². The Morgan fingerprint density at radius 2 is 2.44 bits per heavy atom. The van der Waals surface area contributed by atoms with E-state index in [4.69, 9.17) is 9.84 Å². The molecule has 8 nitrogen and oxygen atoms in total. The van der Waals surface area contributed by atoms with Gasteiger partial charge in [0.05, 0.1) is 12.8 Å². The van der Waals surface area contributed by atoms with E-state index in [1.807, 2.05) is 0 Å². The van der Waals surface area contributed by atoms with Crippen LogP contribution in [0.1, 0.15) is 16.8 Å². The highest BCUT2D eigenvalue weighted by Crippen LogP contribution is 2.14. The van der Waals surface area contributed by atoms with Crippen molar-refractivity contribution in [1.82, 2.24) is 14.9 Å². The van der Waals surface area contributed by atoms with Gasteiger partial charge in [-0.2, -0.15) is 5.10 Å². The minimum absolute atomic E-state index is 0.121. The molecule has 1 aromatic heterocycles. The highest BCUT2D eigenvalue weighted by Gasteiger charge is 2.26. The molecule has 9 heteroatoms. The molecule has 1 saturated heterocycles. The zero-order chi connectivity index (χ0) is 13.2. The Kier molecular flexibility index (Phi) is 3.64. The van der Waals surface area contributed by atoms with Crippen LogP contribution >= 0.6 is 0 Å². The third-order valence-corrected chi connectivity index (χ3v) is 4.08. The first kappa shape index (κ1) is 13.0. The number of aromatic amines is 1. The molecule has 18 heavy (non-hydrogen) atoms. The Morgan fingerprint density at radius 3 is 3.06 bits per heavy atom. The summed E-state index contributed by atoms with van der Waals surface area (Å²) in [5.74, 6) is -1.22. The summed E-state index contributed by atoms with van der Waals surface area (Å²) in [6.45, 7) is 1.36. The van der Waals surface area contributed by atoms with Gasteiger partial charge in [-0.1, -0.05) is 0 Å². The predicted octanol–water partition coefficient (Wildman–Crippen LogP) is -0.577. The van der Waals surface area contributed by atoms with Gasteiger partial charge in [0.2, 0.25) is 0 Å². The SMILES string of the molecule is O=C(O)c1cn[nH]c1S(=O)(=O)NCC1CCOC1. The summed E-state index contributed by atoms with van der Waals surface area (Å²) in [5.41, 5.74) is -0.370. The van der Waals surface area contributed by atoms with Crippen molar-refractivity contribution in [3.63, 3.8) is 0 Å². The second-order valence-corrected chi connectivity index (χ2v) is 5.70. The van der Waals surface area contributed by atoms with E-state index >= 15 is 0 Å². The van der Waals surface area contributed by atoms with Crippen LogP contribution in [0.2, 0.25) is 0 Å². The second kappa shape index (κ2) is 5.04. The molecular weight excluding hydrogens is 262 g/mol. The number of rotatable bonds is 5. The number of nitrogens with zero attached hydrogens (tertiary/aromatic N) is 1. The lowest BCUT2D eigenvalue weighted by Gasteiger charge is -2.09. The number of aromatic nitrogens is 2. The largest absolute Gasteiger partial charge is 0.478 e. The fraction of sp³-hybridized carbons (Fsp3) is 0.556. The summed E-state index contributed by atoms with van der Waals surface area (Å²) in [6, 6.07) is 0. The standard InChI is InChI=1S/C9H13N3O5S/c13-9(14)7-4-10-12-8(7)18(15,16)11-3-6-1-2-17-5-6/h4,6,11H,1-3,5H2,(H,10,12)(H,13,14). The first-order valence-electron chi connectivity index (χ1n) is 5.35. The minimum atomic E-state index is -3.88. The molecule has 0 spiro atoms. The van der Waals surface area contributed by atoms with Crippen LogP contribution in [0.5, 0.6) is 0 Å². The highest BCUT2D eigenvalue weighted by atomic mass is 32.2. The number of carboxylic acid groups (broad SMARTS) is 1. The van der Waals surface area contributed by atoms with Crippen LogP contribution in [0, 0.1) is 5.92 Å². The molecule has 1 fully saturated rings. The second-order valence-electron chi connectivity index (χ2n) is 4.00. The molecule has 1 unspecified atom stereocenters. The number of ether oxygens (including phenoxy) is 1. The van der Waals surface area contributed by atoms with Gasteiger partial charge in [0.25, 0.3) is 10.0 Å². The highest BCUT2D eigenvalue weighted by molar-refractivity contribution is 7.89. The Balaban J connectivity index is 2.09. The Labute approximate surface area is 103 Å². The average Bonchev–Trinajstić information content (AvgIpc) is 2.98. The normalized spacial score (nSPS) is 20.1. The van der Waals surface area contributed by atoms with Gasteiger partial charge in [-0.15, -0.1) is 0 Å². The summed E-state index contributed by atoms with van der Waals surface area (Å²) in [4.78, 5) is 10.8. The van der Waals surface area contributed by atoms with Crippen molar-refractivity contribution in [2.45, 2.75) is 11.4 Å². The number of carboxylic acids is 1. The van der Waals surface area contributed by atoms with Crippen molar-refractivity contribution in [2.75, 3.05) is 19.8 Å². The molecule has 2 heterocycles. The van der Waals surface area contributed by atoms with Crippen LogP contribution in [0.4, 0.5) is 0 Å². The monoisotopic (exact) mass is 275 g/mol. The first-order valence-corrected chi connectivity index (χ1v) is 6.83. The minimum Gasteiger partial charge on any atom is -0.478 e. The van der Waals surface area contributed by atoms with E-state index in [0.717, 1.165) is 12.6 Å². The molecule has 0 saturated carbocycles. The molecule has 3 N–H and O–H groups in total. The van der Waals surface area contributed by atoms with E-state index in [0.29, 0.717) is 13.2 Å². The van der Waals surface area contributed by atoms with E-state index in [1.165, 1.54) is 0 Å². The lowest BCUT2D eigenvalue weighted by Crippen LogP contribution is -2.30. The smallest absolute Gasteiger partial charge is 0.340 e. The number of carbonyl (C=O) groups is 1. The van der Waals surface area contributed by atoms with E-state index in [9.17, 15) is 13.2 Å². The lowest BCUT2D eigenvalue weighted by atomic mass is 10.1. The maximum Gasteiger partial charge on any atom is 0.340 e. The molecule has 1 aliphatic heterocycles. The molecule has 0 amide bonds. The Morgan fingerprint density at radius 1 is 1.67 bits per heavy atom. The van der Waals surface area contributed by atoms with Gasteiger partial charge >= 0.3 is 5.97 Å². The maximum absolute atomic E-state index is 11.9. The first-order chi connectivity index (χ1) is 8.50. The van der Waals surface area contributed by atoms with Crippen molar-refractivity contribution in [3.05, 3.63) is 11.8 Å². The number of hydrogen-bond donors (Lipinski definition) is 3.